The fraction of sp³-hybridized carbons (Fsp3) is 0.444. The molecule has 74 valence electrons. The minimum Gasteiger partial charge on any atom is -0.371 e. The van der Waals surface area contributed by atoms with Gasteiger partial charge in [-0.25, -0.2) is 0 Å². The number of rotatable bonds is 1. The molecule has 1 aliphatic rings. The third kappa shape index (κ3) is 1.41. The molecule has 0 radical (unpaired) electrons. The highest BCUT2D eigenvalue weighted by atomic mass is 16.1. The van der Waals surface area contributed by atoms with Gasteiger partial charge in [0.15, 0.2) is 6.29 Å². The van der Waals surface area contributed by atoms with E-state index >= 15 is 0 Å². The Morgan fingerprint density at radius 1 is 1.50 bits per heavy atom. The summed E-state index contributed by atoms with van der Waals surface area (Å²) in [6.45, 7) is 1.60. The van der Waals surface area contributed by atoms with Crippen molar-refractivity contribution in [3.8, 4) is 0 Å². The number of carbonyl (C=O) groups is 1. The maximum Gasteiger partial charge on any atom is 0.285 e. The van der Waals surface area contributed by atoms with Gasteiger partial charge in [-0.2, -0.15) is 4.98 Å². The van der Waals surface area contributed by atoms with Gasteiger partial charge in [0.1, 0.15) is 17.7 Å². The Bertz CT molecular complexity index is 411. The van der Waals surface area contributed by atoms with Gasteiger partial charge in [0.05, 0.1) is 0 Å². The van der Waals surface area contributed by atoms with Gasteiger partial charge < -0.3 is 9.88 Å². The van der Waals surface area contributed by atoms with Gasteiger partial charge in [-0.05, 0) is 12.8 Å². The molecule has 0 spiro atoms. The molecule has 2 heterocycles. The topological polar surface area (TPSA) is 64.0 Å². The fourth-order valence-electron chi connectivity index (χ4n) is 1.59. The van der Waals surface area contributed by atoms with Crippen LogP contribution in [0.3, 0.4) is 0 Å². The minimum atomic E-state index is -0.458. The lowest BCUT2D eigenvalue weighted by molar-refractivity contribution is 0.112. The first-order chi connectivity index (χ1) is 6.83. The number of aldehydes is 1. The Morgan fingerprint density at radius 3 is 3.14 bits per heavy atom. The summed E-state index contributed by atoms with van der Waals surface area (Å²) in [5.74, 6) is 0.609. The Labute approximate surface area is 80.8 Å². The largest absolute Gasteiger partial charge is 0.371 e. The van der Waals surface area contributed by atoms with Crippen molar-refractivity contribution in [2.45, 2.75) is 19.4 Å². The van der Waals surface area contributed by atoms with Crippen molar-refractivity contribution in [1.29, 1.82) is 0 Å². The molecule has 0 bridgehead atoms. The van der Waals surface area contributed by atoms with Gasteiger partial charge in [-0.1, -0.05) is 0 Å². The Balaban J connectivity index is 2.59. The van der Waals surface area contributed by atoms with Crippen molar-refractivity contribution >= 4 is 12.1 Å². The molecular formula is C9H11N3O2. The molecule has 1 N–H and O–H groups in total. The molecule has 1 aromatic rings. The van der Waals surface area contributed by atoms with E-state index in [9.17, 15) is 9.59 Å². The number of aromatic nitrogens is 2. The quantitative estimate of drug-likeness (QED) is 0.650. The molecule has 14 heavy (non-hydrogen) atoms. The molecule has 0 atom stereocenters. The first kappa shape index (κ1) is 8.93. The van der Waals surface area contributed by atoms with E-state index in [2.05, 4.69) is 10.3 Å². The van der Waals surface area contributed by atoms with E-state index in [1.54, 1.807) is 0 Å². The van der Waals surface area contributed by atoms with Crippen LogP contribution in [0, 0.1) is 0 Å². The van der Waals surface area contributed by atoms with Crippen LogP contribution >= 0.6 is 0 Å². The molecular weight excluding hydrogens is 182 g/mol. The van der Waals surface area contributed by atoms with Crippen LogP contribution in [0.1, 0.15) is 23.2 Å². The third-order valence-electron chi connectivity index (χ3n) is 2.32. The summed E-state index contributed by atoms with van der Waals surface area (Å²) in [7, 11) is 0. The molecule has 1 aliphatic heterocycles. The monoisotopic (exact) mass is 193 g/mol. The smallest absolute Gasteiger partial charge is 0.285 e. The lowest BCUT2D eigenvalue weighted by atomic mass is 10.3. The maximum absolute atomic E-state index is 11.2. The van der Waals surface area contributed by atoms with Gasteiger partial charge in [0.2, 0.25) is 0 Å². The molecule has 2 rings (SSSR count). The van der Waals surface area contributed by atoms with Crippen LogP contribution in [0.25, 0.3) is 0 Å². The van der Waals surface area contributed by atoms with E-state index < -0.39 is 5.56 Å². The molecule has 5 nitrogen and oxygen atoms in total. The Morgan fingerprint density at radius 2 is 2.36 bits per heavy atom. The molecule has 0 amide bonds. The zero-order valence-electron chi connectivity index (χ0n) is 7.69. The highest BCUT2D eigenvalue weighted by Crippen LogP contribution is 2.13. The van der Waals surface area contributed by atoms with E-state index in [-0.39, 0.29) is 5.56 Å². The van der Waals surface area contributed by atoms with E-state index in [1.807, 2.05) is 4.57 Å². The second-order valence-electron chi connectivity index (χ2n) is 3.26. The molecule has 0 fully saturated rings. The van der Waals surface area contributed by atoms with Crippen molar-refractivity contribution in [3.05, 3.63) is 22.2 Å². The van der Waals surface area contributed by atoms with E-state index in [4.69, 9.17) is 0 Å². The van der Waals surface area contributed by atoms with Crippen LogP contribution in [-0.2, 0) is 6.54 Å². The van der Waals surface area contributed by atoms with Crippen molar-refractivity contribution in [1.82, 2.24) is 9.55 Å². The summed E-state index contributed by atoms with van der Waals surface area (Å²) in [4.78, 5) is 25.6. The predicted molar refractivity (Wildman–Crippen MR) is 51.6 cm³/mol. The molecule has 0 aromatic carbocycles. The predicted octanol–water partition coefficient (Wildman–Crippen LogP) is 0.261. The number of fused-ring (bicyclic) bond motifs is 1. The van der Waals surface area contributed by atoms with Crippen molar-refractivity contribution in [2.75, 3.05) is 11.9 Å². The first-order valence-electron chi connectivity index (χ1n) is 4.61. The highest BCUT2D eigenvalue weighted by molar-refractivity contribution is 5.81. The van der Waals surface area contributed by atoms with Crippen LogP contribution < -0.4 is 10.9 Å². The van der Waals surface area contributed by atoms with Gasteiger partial charge in [0, 0.05) is 13.1 Å². The number of hydrogen-bond donors (Lipinski definition) is 1. The average molecular weight is 193 g/mol. The summed E-state index contributed by atoms with van der Waals surface area (Å²) in [6.07, 6.45) is 4.12. The molecule has 0 saturated carbocycles. The van der Waals surface area contributed by atoms with E-state index in [1.165, 1.54) is 6.33 Å². The molecule has 0 unspecified atom stereocenters. The van der Waals surface area contributed by atoms with Crippen molar-refractivity contribution in [3.63, 3.8) is 0 Å². The van der Waals surface area contributed by atoms with Gasteiger partial charge in [0.25, 0.3) is 5.56 Å². The van der Waals surface area contributed by atoms with Crippen LogP contribution in [0.15, 0.2) is 11.1 Å². The number of anilines is 1. The van der Waals surface area contributed by atoms with Crippen LogP contribution in [-0.4, -0.2) is 22.4 Å². The van der Waals surface area contributed by atoms with Crippen LogP contribution in [0.4, 0.5) is 5.82 Å². The molecule has 1 aromatic heterocycles. The second-order valence-corrected chi connectivity index (χ2v) is 3.26. The SMILES string of the molecule is O=Cc1c2n(cnc1=O)CCCCN2. The number of hydrogen-bond acceptors (Lipinski definition) is 4. The Kier molecular flexibility index (Phi) is 2.30. The standard InChI is InChI=1S/C9H11N3O2/c13-5-7-8-10-3-1-2-4-12(8)6-11-9(7)14/h5-6,10H,1-4H2. The summed E-state index contributed by atoms with van der Waals surface area (Å²) < 4.78 is 1.82. The number of nitrogens with zero attached hydrogens (tertiary/aromatic N) is 2. The molecule has 5 heteroatoms. The summed E-state index contributed by atoms with van der Waals surface area (Å²) in [5, 5.41) is 3.08. The second kappa shape index (κ2) is 3.61. The van der Waals surface area contributed by atoms with E-state index in [0.29, 0.717) is 12.1 Å². The van der Waals surface area contributed by atoms with Crippen molar-refractivity contribution in [2.24, 2.45) is 0 Å². The lowest BCUT2D eigenvalue weighted by Gasteiger charge is -2.10. The highest BCUT2D eigenvalue weighted by Gasteiger charge is 2.13. The zero-order valence-corrected chi connectivity index (χ0v) is 7.69. The zero-order chi connectivity index (χ0) is 9.97. The lowest BCUT2D eigenvalue weighted by Crippen LogP contribution is -2.20. The number of aryl methyl sites for hydroxylation is 1. The summed E-state index contributed by atoms with van der Waals surface area (Å²) in [6, 6.07) is 0. The van der Waals surface area contributed by atoms with Gasteiger partial charge in [-0.15, -0.1) is 0 Å². The van der Waals surface area contributed by atoms with Gasteiger partial charge >= 0.3 is 0 Å². The van der Waals surface area contributed by atoms with E-state index in [0.717, 1.165) is 25.9 Å². The first-order valence-corrected chi connectivity index (χ1v) is 4.61. The minimum absolute atomic E-state index is 0.134. The third-order valence-corrected chi connectivity index (χ3v) is 2.32. The summed E-state index contributed by atoms with van der Waals surface area (Å²) >= 11 is 0. The van der Waals surface area contributed by atoms with Gasteiger partial charge in [-0.3, -0.25) is 9.59 Å². The van der Waals surface area contributed by atoms with Crippen LogP contribution in [0.5, 0.6) is 0 Å². The van der Waals surface area contributed by atoms with Crippen LogP contribution in [0.2, 0.25) is 0 Å². The fourth-order valence-corrected chi connectivity index (χ4v) is 1.59. The average Bonchev–Trinajstić information content (AvgIpc) is 2.42. The molecule has 0 saturated heterocycles. The number of carbonyl (C=O) groups excluding carboxylic acids is 1. The number of nitrogens with one attached hydrogen (secondary N) is 1. The maximum atomic E-state index is 11.2. The van der Waals surface area contributed by atoms with Crippen molar-refractivity contribution < 1.29 is 4.79 Å². The molecule has 0 aliphatic carbocycles. The summed E-state index contributed by atoms with van der Waals surface area (Å²) in [5.41, 5.74) is -0.324. The normalized spacial score (nSPS) is 15.1. The Hall–Kier alpha value is -1.65.